The summed E-state index contributed by atoms with van der Waals surface area (Å²) in [7, 11) is 0. The molecule has 38 heavy (non-hydrogen) atoms. The fraction of sp³-hybridized carbons (Fsp3) is 0.483. The summed E-state index contributed by atoms with van der Waals surface area (Å²) in [5.74, 6) is 1.06. The summed E-state index contributed by atoms with van der Waals surface area (Å²) in [6.45, 7) is 6.17. The molecule has 1 aromatic carbocycles. The highest BCUT2D eigenvalue weighted by molar-refractivity contribution is 5.83. The molecule has 3 aliphatic rings. The first kappa shape index (κ1) is 24.6. The maximum atomic E-state index is 14.0. The van der Waals surface area contributed by atoms with Gasteiger partial charge in [0, 0.05) is 62.2 Å². The maximum absolute atomic E-state index is 14.0. The molecular weight excluding hydrogens is 480 g/mol. The summed E-state index contributed by atoms with van der Waals surface area (Å²) < 4.78 is 1.78. The minimum atomic E-state index is -0.155. The van der Waals surface area contributed by atoms with E-state index in [1.165, 1.54) is 0 Å². The average molecular weight is 515 g/mol. The number of benzene rings is 1. The molecule has 1 saturated carbocycles. The number of aryl methyl sites for hydroxylation is 1. The van der Waals surface area contributed by atoms with Crippen LogP contribution < -0.4 is 10.9 Å². The third-order valence-corrected chi connectivity index (χ3v) is 8.25. The van der Waals surface area contributed by atoms with Gasteiger partial charge in [-0.15, -0.1) is 0 Å². The molecule has 0 radical (unpaired) electrons. The SMILES string of the molecule is CC(=O)N1CC[C@@H](n2c(=O)c(-c3ccccc3C)cc3cnc(NC4CCN(C(=O)C5CC5)CC4)nc32)C1. The number of nitrogens with one attached hydrogen (secondary N) is 1. The van der Waals surface area contributed by atoms with Crippen molar-refractivity contribution in [2.24, 2.45) is 5.92 Å². The van der Waals surface area contributed by atoms with Crippen LogP contribution in [0.15, 0.2) is 41.3 Å². The van der Waals surface area contributed by atoms with E-state index in [2.05, 4.69) is 10.3 Å². The molecule has 2 amide bonds. The van der Waals surface area contributed by atoms with Crippen molar-refractivity contribution >= 4 is 28.8 Å². The Morgan fingerprint density at radius 2 is 1.71 bits per heavy atom. The topological polar surface area (TPSA) is 100 Å². The van der Waals surface area contributed by atoms with Gasteiger partial charge in [0.05, 0.1) is 6.04 Å². The molecular formula is C29H34N6O3. The van der Waals surface area contributed by atoms with Crippen LogP contribution in [0.25, 0.3) is 22.2 Å². The molecule has 6 rings (SSSR count). The summed E-state index contributed by atoms with van der Waals surface area (Å²) in [4.78, 5) is 51.7. The fourth-order valence-electron chi connectivity index (χ4n) is 5.85. The highest BCUT2D eigenvalue weighted by atomic mass is 16.2. The van der Waals surface area contributed by atoms with E-state index in [1.807, 2.05) is 42.2 Å². The van der Waals surface area contributed by atoms with Crippen molar-refractivity contribution in [2.75, 3.05) is 31.5 Å². The minimum Gasteiger partial charge on any atom is -0.351 e. The van der Waals surface area contributed by atoms with Crippen LogP contribution in [-0.4, -0.2) is 68.4 Å². The molecule has 9 heteroatoms. The second-order valence-corrected chi connectivity index (χ2v) is 10.9. The molecule has 2 aromatic heterocycles. The third-order valence-electron chi connectivity index (χ3n) is 8.25. The van der Waals surface area contributed by atoms with E-state index in [1.54, 1.807) is 22.6 Å². The van der Waals surface area contributed by atoms with E-state index >= 15 is 0 Å². The van der Waals surface area contributed by atoms with Crippen LogP contribution in [0, 0.1) is 12.8 Å². The first-order valence-corrected chi connectivity index (χ1v) is 13.7. The largest absolute Gasteiger partial charge is 0.351 e. The zero-order chi connectivity index (χ0) is 26.4. The number of amides is 2. The van der Waals surface area contributed by atoms with E-state index in [0.717, 1.165) is 55.3 Å². The number of carbonyl (C=O) groups is 2. The van der Waals surface area contributed by atoms with Gasteiger partial charge in [0.2, 0.25) is 17.8 Å². The van der Waals surface area contributed by atoms with E-state index in [0.29, 0.717) is 42.6 Å². The summed E-state index contributed by atoms with van der Waals surface area (Å²) in [6, 6.07) is 9.78. The van der Waals surface area contributed by atoms with Gasteiger partial charge in [0.1, 0.15) is 5.65 Å². The van der Waals surface area contributed by atoms with Crippen LogP contribution in [0.5, 0.6) is 0 Å². The van der Waals surface area contributed by atoms with E-state index in [4.69, 9.17) is 4.98 Å². The normalized spacial score (nSPS) is 20.2. The molecule has 2 saturated heterocycles. The van der Waals surface area contributed by atoms with Crippen molar-refractivity contribution in [3.63, 3.8) is 0 Å². The van der Waals surface area contributed by atoms with Gasteiger partial charge in [-0.25, -0.2) is 4.98 Å². The predicted octanol–water partition coefficient (Wildman–Crippen LogP) is 3.37. The Balaban J connectivity index is 1.33. The summed E-state index contributed by atoms with van der Waals surface area (Å²) in [5.41, 5.74) is 3.02. The van der Waals surface area contributed by atoms with Crippen molar-refractivity contribution in [3.8, 4) is 11.1 Å². The molecule has 9 nitrogen and oxygen atoms in total. The Morgan fingerprint density at radius 1 is 0.974 bits per heavy atom. The molecule has 0 spiro atoms. The number of pyridine rings is 1. The molecule has 2 aliphatic heterocycles. The van der Waals surface area contributed by atoms with Gasteiger partial charge in [-0.2, -0.15) is 4.98 Å². The van der Waals surface area contributed by atoms with Crippen molar-refractivity contribution in [1.82, 2.24) is 24.3 Å². The van der Waals surface area contributed by atoms with Gasteiger partial charge in [-0.05, 0) is 56.2 Å². The van der Waals surface area contributed by atoms with Crippen LogP contribution in [0.2, 0.25) is 0 Å². The molecule has 0 bridgehead atoms. The Kier molecular flexibility index (Phi) is 6.37. The molecule has 1 atom stereocenters. The summed E-state index contributed by atoms with van der Waals surface area (Å²) in [6.07, 6.45) is 6.22. The number of rotatable bonds is 5. The van der Waals surface area contributed by atoms with Crippen molar-refractivity contribution in [2.45, 2.75) is 58.0 Å². The number of nitrogens with zero attached hydrogens (tertiary/aromatic N) is 5. The standard InChI is InChI=1S/C29H34N6O3/c1-18-5-3-4-6-24(18)25-15-21-16-30-29(31-22-9-12-33(13-10-22)27(37)20-7-8-20)32-26(21)35(28(25)38)23-11-14-34(17-23)19(2)36/h3-6,15-16,20,22-23H,7-14,17H2,1-2H3,(H,30,31,32)/t23-/m1/s1. The Morgan fingerprint density at radius 3 is 2.39 bits per heavy atom. The van der Waals surface area contributed by atoms with Gasteiger partial charge < -0.3 is 15.1 Å². The molecule has 1 N–H and O–H groups in total. The van der Waals surface area contributed by atoms with Crippen molar-refractivity contribution < 1.29 is 9.59 Å². The molecule has 4 heterocycles. The number of piperidine rings is 1. The number of fused-ring (bicyclic) bond motifs is 1. The molecule has 1 aliphatic carbocycles. The first-order valence-electron chi connectivity index (χ1n) is 13.7. The lowest BCUT2D eigenvalue weighted by molar-refractivity contribution is -0.133. The van der Waals surface area contributed by atoms with Crippen LogP contribution in [0.4, 0.5) is 5.95 Å². The minimum absolute atomic E-state index is 0.0170. The Hall–Kier alpha value is -3.75. The lowest BCUT2D eigenvalue weighted by Gasteiger charge is -2.32. The molecule has 0 unspecified atom stereocenters. The number of likely N-dealkylation sites (tertiary alicyclic amines) is 2. The second-order valence-electron chi connectivity index (χ2n) is 10.9. The zero-order valence-electron chi connectivity index (χ0n) is 22.0. The van der Waals surface area contributed by atoms with Gasteiger partial charge in [-0.1, -0.05) is 24.3 Å². The number of carbonyl (C=O) groups excluding carboxylic acids is 2. The average Bonchev–Trinajstić information content (AvgIpc) is 3.65. The zero-order valence-corrected chi connectivity index (χ0v) is 22.0. The number of aromatic nitrogens is 3. The van der Waals surface area contributed by atoms with Gasteiger partial charge in [0.15, 0.2) is 0 Å². The third kappa shape index (κ3) is 4.66. The number of hydrogen-bond acceptors (Lipinski definition) is 6. The quantitative estimate of drug-likeness (QED) is 0.560. The molecule has 3 fully saturated rings. The Labute approximate surface area is 221 Å². The van der Waals surface area contributed by atoms with Crippen molar-refractivity contribution in [1.29, 1.82) is 0 Å². The highest BCUT2D eigenvalue weighted by Crippen LogP contribution is 2.32. The Bertz CT molecular complexity index is 1450. The smallest absolute Gasteiger partial charge is 0.260 e. The monoisotopic (exact) mass is 514 g/mol. The van der Waals surface area contributed by atoms with E-state index in [9.17, 15) is 14.4 Å². The second kappa shape index (κ2) is 9.85. The van der Waals surface area contributed by atoms with Gasteiger partial charge in [-0.3, -0.25) is 19.0 Å². The lowest BCUT2D eigenvalue weighted by atomic mass is 10.0. The van der Waals surface area contributed by atoms with E-state index < -0.39 is 0 Å². The fourth-order valence-corrected chi connectivity index (χ4v) is 5.85. The number of hydrogen-bond donors (Lipinski definition) is 1. The number of anilines is 1. The van der Waals surface area contributed by atoms with Crippen LogP contribution in [-0.2, 0) is 9.59 Å². The van der Waals surface area contributed by atoms with Crippen LogP contribution in [0.3, 0.4) is 0 Å². The summed E-state index contributed by atoms with van der Waals surface area (Å²) >= 11 is 0. The first-order chi connectivity index (χ1) is 18.4. The summed E-state index contributed by atoms with van der Waals surface area (Å²) in [5, 5.41) is 4.25. The van der Waals surface area contributed by atoms with Crippen molar-refractivity contribution in [3.05, 3.63) is 52.4 Å². The van der Waals surface area contributed by atoms with Gasteiger partial charge in [0.25, 0.3) is 5.56 Å². The van der Waals surface area contributed by atoms with Gasteiger partial charge >= 0.3 is 0 Å². The predicted molar refractivity (Wildman–Crippen MR) is 146 cm³/mol. The molecule has 198 valence electrons. The maximum Gasteiger partial charge on any atom is 0.260 e. The van der Waals surface area contributed by atoms with Crippen LogP contribution >= 0.6 is 0 Å². The van der Waals surface area contributed by atoms with Crippen LogP contribution in [0.1, 0.15) is 50.6 Å². The molecule has 3 aromatic rings. The lowest BCUT2D eigenvalue weighted by Crippen LogP contribution is -2.43. The highest BCUT2D eigenvalue weighted by Gasteiger charge is 2.35. The van der Waals surface area contributed by atoms with E-state index in [-0.39, 0.29) is 29.5 Å².